The molecule has 0 fully saturated rings. The molecule has 0 saturated carbocycles. The lowest BCUT2D eigenvalue weighted by atomic mass is 10.2. The van der Waals surface area contributed by atoms with Crippen LogP contribution in [0.15, 0.2) is 12.4 Å². The zero-order chi connectivity index (χ0) is 13.8. The van der Waals surface area contributed by atoms with Gasteiger partial charge >= 0.3 is 5.97 Å². The minimum Gasteiger partial charge on any atom is -0.481 e. The predicted octanol–water partition coefficient (Wildman–Crippen LogP) is -0.288. The van der Waals surface area contributed by atoms with Crippen LogP contribution in [0.25, 0.3) is 0 Å². The first-order valence-corrected chi connectivity index (χ1v) is 6.71. The summed E-state index contributed by atoms with van der Waals surface area (Å²) in [4.78, 5) is 10.4. The first-order valence-electron chi connectivity index (χ1n) is 5.27. The maximum Gasteiger partial charge on any atom is 0.304 e. The molecular weight excluding hydrogens is 260 g/mol. The number of carboxylic acid groups (broad SMARTS) is 1. The smallest absolute Gasteiger partial charge is 0.304 e. The minimum atomic E-state index is -3.70. The first kappa shape index (κ1) is 14.6. The van der Waals surface area contributed by atoms with Gasteiger partial charge in [-0.25, -0.2) is 0 Å². The molecule has 0 radical (unpaired) electrons. The number of hydrogen-bond donors (Lipinski definition) is 3. The van der Waals surface area contributed by atoms with Crippen LogP contribution < -0.4 is 4.72 Å². The Kier molecular flexibility index (Phi) is 4.82. The third-order valence-corrected chi connectivity index (χ3v) is 4.05. The standard InChI is InChI=1S/C9H16N4O4S/c1-7(8-5-10-11-6-8)12-18(16,17)13(2)4-3-9(14)15/h5-7,12H,3-4H2,1-2H3,(H,10,11)(H,14,15). The molecule has 1 aromatic heterocycles. The zero-order valence-corrected chi connectivity index (χ0v) is 10.9. The van der Waals surface area contributed by atoms with Gasteiger partial charge in [0.25, 0.3) is 10.2 Å². The van der Waals surface area contributed by atoms with Crippen LogP contribution in [0.4, 0.5) is 0 Å². The van der Waals surface area contributed by atoms with E-state index in [9.17, 15) is 13.2 Å². The maximum atomic E-state index is 11.8. The Balaban J connectivity index is 2.61. The molecule has 1 aromatic rings. The highest BCUT2D eigenvalue weighted by molar-refractivity contribution is 7.87. The van der Waals surface area contributed by atoms with Crippen LogP contribution in [0.3, 0.4) is 0 Å². The molecule has 8 nitrogen and oxygen atoms in total. The largest absolute Gasteiger partial charge is 0.481 e. The number of rotatable bonds is 7. The van der Waals surface area contributed by atoms with Gasteiger partial charge in [-0.05, 0) is 6.92 Å². The Morgan fingerprint density at radius 2 is 2.33 bits per heavy atom. The summed E-state index contributed by atoms with van der Waals surface area (Å²) in [6, 6.07) is -0.443. The molecule has 1 heterocycles. The number of nitrogens with zero attached hydrogens (tertiary/aromatic N) is 2. The van der Waals surface area contributed by atoms with Crippen LogP contribution in [0.1, 0.15) is 24.9 Å². The Labute approximate surface area is 105 Å². The molecule has 0 aliphatic rings. The van der Waals surface area contributed by atoms with E-state index in [1.165, 1.54) is 13.2 Å². The van der Waals surface area contributed by atoms with Crippen LogP contribution in [-0.4, -0.2) is 47.6 Å². The second-order valence-electron chi connectivity index (χ2n) is 3.84. The molecule has 9 heteroatoms. The van der Waals surface area contributed by atoms with E-state index in [1.54, 1.807) is 13.1 Å². The third kappa shape index (κ3) is 4.09. The molecule has 102 valence electrons. The Bertz CT molecular complexity index is 485. The molecule has 1 atom stereocenters. The monoisotopic (exact) mass is 276 g/mol. The van der Waals surface area contributed by atoms with Gasteiger partial charge in [-0.2, -0.15) is 22.5 Å². The van der Waals surface area contributed by atoms with Crippen molar-refractivity contribution >= 4 is 16.2 Å². The summed E-state index contributed by atoms with van der Waals surface area (Å²) in [6.45, 7) is 1.59. The van der Waals surface area contributed by atoms with E-state index in [-0.39, 0.29) is 13.0 Å². The van der Waals surface area contributed by atoms with Gasteiger partial charge in [0, 0.05) is 31.4 Å². The molecule has 3 N–H and O–H groups in total. The SMILES string of the molecule is CC(NS(=O)(=O)N(C)CCC(=O)O)c1cn[nH]c1. The quantitative estimate of drug-likeness (QED) is 0.633. The van der Waals surface area contributed by atoms with E-state index in [4.69, 9.17) is 5.11 Å². The lowest BCUT2D eigenvalue weighted by molar-refractivity contribution is -0.137. The zero-order valence-electron chi connectivity index (χ0n) is 10.1. The molecule has 0 aliphatic heterocycles. The van der Waals surface area contributed by atoms with Gasteiger partial charge in [0.05, 0.1) is 12.6 Å². The average Bonchev–Trinajstić information content (AvgIpc) is 2.78. The van der Waals surface area contributed by atoms with Crippen LogP contribution in [0.5, 0.6) is 0 Å². The number of aromatic nitrogens is 2. The van der Waals surface area contributed by atoms with E-state index in [0.29, 0.717) is 5.56 Å². The van der Waals surface area contributed by atoms with Crippen molar-refractivity contribution in [2.45, 2.75) is 19.4 Å². The molecule has 0 aromatic carbocycles. The number of aliphatic carboxylic acids is 1. The summed E-state index contributed by atoms with van der Waals surface area (Å²) in [7, 11) is -2.38. The van der Waals surface area contributed by atoms with Gasteiger partial charge in [-0.15, -0.1) is 0 Å². The number of carbonyl (C=O) groups is 1. The van der Waals surface area contributed by atoms with Crippen molar-refractivity contribution in [3.05, 3.63) is 18.0 Å². The van der Waals surface area contributed by atoms with Crippen LogP contribution in [-0.2, 0) is 15.0 Å². The van der Waals surface area contributed by atoms with Crippen molar-refractivity contribution in [1.29, 1.82) is 0 Å². The van der Waals surface area contributed by atoms with Gasteiger partial charge < -0.3 is 5.11 Å². The van der Waals surface area contributed by atoms with Crippen molar-refractivity contribution < 1.29 is 18.3 Å². The maximum absolute atomic E-state index is 11.8. The molecular formula is C9H16N4O4S. The molecule has 0 spiro atoms. The van der Waals surface area contributed by atoms with E-state index in [1.807, 2.05) is 0 Å². The summed E-state index contributed by atoms with van der Waals surface area (Å²) < 4.78 is 27.1. The lowest BCUT2D eigenvalue weighted by Crippen LogP contribution is -2.40. The fraction of sp³-hybridized carbons (Fsp3) is 0.556. The van der Waals surface area contributed by atoms with Crippen LogP contribution in [0, 0.1) is 0 Å². The van der Waals surface area contributed by atoms with E-state index in [0.717, 1.165) is 4.31 Å². The molecule has 0 amide bonds. The Morgan fingerprint density at radius 3 is 2.83 bits per heavy atom. The average molecular weight is 276 g/mol. The number of H-pyrrole nitrogens is 1. The Morgan fingerprint density at radius 1 is 1.67 bits per heavy atom. The highest BCUT2D eigenvalue weighted by atomic mass is 32.2. The summed E-state index contributed by atoms with van der Waals surface area (Å²) in [5.74, 6) is -1.04. The summed E-state index contributed by atoms with van der Waals surface area (Å²) in [5, 5.41) is 14.8. The normalized spacial score (nSPS) is 13.7. The van der Waals surface area contributed by atoms with Crippen molar-refractivity contribution in [3.63, 3.8) is 0 Å². The van der Waals surface area contributed by atoms with Gasteiger partial charge in [0.1, 0.15) is 0 Å². The van der Waals surface area contributed by atoms with E-state index in [2.05, 4.69) is 14.9 Å². The van der Waals surface area contributed by atoms with Crippen molar-refractivity contribution in [1.82, 2.24) is 19.2 Å². The second kappa shape index (κ2) is 5.94. The summed E-state index contributed by atoms with van der Waals surface area (Å²) in [5.41, 5.74) is 0.699. The summed E-state index contributed by atoms with van der Waals surface area (Å²) in [6.07, 6.45) is 2.87. The fourth-order valence-electron chi connectivity index (χ4n) is 1.25. The topological polar surface area (TPSA) is 115 Å². The highest BCUT2D eigenvalue weighted by Crippen LogP contribution is 2.11. The molecule has 1 unspecified atom stereocenters. The van der Waals surface area contributed by atoms with Crippen molar-refractivity contribution in [2.24, 2.45) is 0 Å². The molecule has 18 heavy (non-hydrogen) atoms. The van der Waals surface area contributed by atoms with Crippen molar-refractivity contribution in [3.8, 4) is 0 Å². The molecule has 0 bridgehead atoms. The number of nitrogens with one attached hydrogen (secondary N) is 2. The first-order chi connectivity index (χ1) is 8.33. The third-order valence-electron chi connectivity index (χ3n) is 2.40. The molecule has 0 saturated heterocycles. The van der Waals surface area contributed by atoms with Gasteiger partial charge in [-0.3, -0.25) is 9.89 Å². The van der Waals surface area contributed by atoms with Crippen LogP contribution in [0.2, 0.25) is 0 Å². The van der Waals surface area contributed by atoms with Crippen molar-refractivity contribution in [2.75, 3.05) is 13.6 Å². The molecule has 0 aliphatic carbocycles. The molecule has 1 rings (SSSR count). The number of hydrogen-bond acceptors (Lipinski definition) is 4. The van der Waals surface area contributed by atoms with Gasteiger partial charge in [0.2, 0.25) is 0 Å². The Hall–Kier alpha value is -1.45. The second-order valence-corrected chi connectivity index (χ2v) is 5.65. The fourth-order valence-corrected chi connectivity index (χ4v) is 2.35. The highest BCUT2D eigenvalue weighted by Gasteiger charge is 2.21. The summed E-state index contributed by atoms with van der Waals surface area (Å²) >= 11 is 0. The van der Waals surface area contributed by atoms with E-state index < -0.39 is 22.2 Å². The lowest BCUT2D eigenvalue weighted by Gasteiger charge is -2.19. The van der Waals surface area contributed by atoms with E-state index >= 15 is 0 Å². The van der Waals surface area contributed by atoms with Gasteiger partial charge in [-0.1, -0.05) is 0 Å². The minimum absolute atomic E-state index is 0.0806. The number of aromatic amines is 1. The number of carboxylic acids is 1. The van der Waals surface area contributed by atoms with Gasteiger partial charge in [0.15, 0.2) is 0 Å². The predicted molar refractivity (Wildman–Crippen MR) is 63.9 cm³/mol. The van der Waals surface area contributed by atoms with Crippen LogP contribution >= 0.6 is 0 Å².